The van der Waals surface area contributed by atoms with Gasteiger partial charge in [0.15, 0.2) is 4.77 Å². The van der Waals surface area contributed by atoms with Crippen LogP contribution >= 0.6 is 12.2 Å². The van der Waals surface area contributed by atoms with Crippen LogP contribution in [0.5, 0.6) is 0 Å². The maximum atomic E-state index is 12.3. The summed E-state index contributed by atoms with van der Waals surface area (Å²) in [6, 6.07) is 0. The number of rotatable bonds is 2. The second-order valence-electron chi connectivity index (χ2n) is 4.36. The Kier molecular flexibility index (Phi) is 2.81. The predicted molar refractivity (Wildman–Crippen MR) is 54.6 cm³/mol. The van der Waals surface area contributed by atoms with E-state index in [1.807, 2.05) is 0 Å². The zero-order valence-corrected chi connectivity index (χ0v) is 9.53. The summed E-state index contributed by atoms with van der Waals surface area (Å²) in [5.74, 6) is 1.13. The van der Waals surface area contributed by atoms with Crippen LogP contribution in [0.4, 0.5) is 13.2 Å². The molecule has 0 amide bonds. The fourth-order valence-electron chi connectivity index (χ4n) is 2.09. The van der Waals surface area contributed by atoms with Crippen molar-refractivity contribution in [2.75, 3.05) is 0 Å². The molecule has 7 heteroatoms. The minimum Gasteiger partial charge on any atom is -0.295 e. The van der Waals surface area contributed by atoms with Crippen LogP contribution in [0.1, 0.15) is 31.5 Å². The van der Waals surface area contributed by atoms with Crippen LogP contribution in [0.15, 0.2) is 0 Å². The van der Waals surface area contributed by atoms with Gasteiger partial charge in [-0.05, 0) is 31.0 Å². The highest BCUT2D eigenvalue weighted by Gasteiger charge is 2.35. The lowest BCUT2D eigenvalue weighted by molar-refractivity contribution is -0.141. The van der Waals surface area contributed by atoms with Crippen molar-refractivity contribution in [1.29, 1.82) is 0 Å². The van der Waals surface area contributed by atoms with Gasteiger partial charge >= 0.3 is 6.18 Å². The summed E-state index contributed by atoms with van der Waals surface area (Å²) in [4.78, 5) is 0. The highest BCUT2D eigenvalue weighted by atomic mass is 32.1. The Balaban J connectivity index is 2.23. The molecule has 1 aromatic rings. The van der Waals surface area contributed by atoms with Crippen molar-refractivity contribution in [2.45, 2.75) is 38.4 Å². The SMILES string of the molecule is CC1CC(c2n[nH]c(=S)n2CC(F)(F)F)C1. The van der Waals surface area contributed by atoms with Gasteiger partial charge in [0.25, 0.3) is 0 Å². The molecule has 0 atom stereocenters. The molecule has 0 radical (unpaired) electrons. The van der Waals surface area contributed by atoms with E-state index in [4.69, 9.17) is 12.2 Å². The molecule has 0 aliphatic heterocycles. The predicted octanol–water partition coefficient (Wildman–Crippen LogP) is 3.02. The average Bonchev–Trinajstić information content (AvgIpc) is 2.41. The Morgan fingerprint density at radius 2 is 2.12 bits per heavy atom. The van der Waals surface area contributed by atoms with Gasteiger partial charge in [-0.1, -0.05) is 6.92 Å². The molecule has 1 aliphatic rings. The molecular weight excluding hydrogens is 239 g/mol. The number of alkyl halides is 3. The van der Waals surface area contributed by atoms with Gasteiger partial charge in [-0.15, -0.1) is 0 Å². The fourth-order valence-corrected chi connectivity index (χ4v) is 2.29. The summed E-state index contributed by atoms with van der Waals surface area (Å²) in [6.07, 6.45) is -2.48. The zero-order chi connectivity index (χ0) is 11.9. The Labute approximate surface area is 95.7 Å². The number of nitrogens with one attached hydrogen (secondary N) is 1. The first kappa shape index (κ1) is 11.6. The van der Waals surface area contributed by atoms with Crippen LogP contribution in [0.3, 0.4) is 0 Å². The van der Waals surface area contributed by atoms with Gasteiger partial charge in [-0.3, -0.25) is 9.67 Å². The molecule has 1 aliphatic carbocycles. The fraction of sp³-hybridized carbons (Fsp3) is 0.778. The number of aromatic amines is 1. The van der Waals surface area contributed by atoms with Crippen LogP contribution < -0.4 is 0 Å². The lowest BCUT2D eigenvalue weighted by Gasteiger charge is -2.32. The lowest BCUT2D eigenvalue weighted by atomic mass is 9.75. The number of halogens is 3. The van der Waals surface area contributed by atoms with Gasteiger partial charge in [-0.25, -0.2) is 0 Å². The highest BCUT2D eigenvalue weighted by Crippen LogP contribution is 2.40. The molecule has 1 aromatic heterocycles. The third-order valence-corrected chi connectivity index (χ3v) is 3.18. The summed E-state index contributed by atoms with van der Waals surface area (Å²) in [7, 11) is 0. The summed E-state index contributed by atoms with van der Waals surface area (Å²) in [5.41, 5.74) is 0. The summed E-state index contributed by atoms with van der Waals surface area (Å²) >= 11 is 4.81. The molecule has 0 bridgehead atoms. The van der Waals surface area contributed by atoms with E-state index in [0.717, 1.165) is 17.4 Å². The Morgan fingerprint density at radius 1 is 1.50 bits per heavy atom. The van der Waals surface area contributed by atoms with Gasteiger partial charge in [0.1, 0.15) is 12.4 Å². The monoisotopic (exact) mass is 251 g/mol. The van der Waals surface area contributed by atoms with E-state index in [2.05, 4.69) is 17.1 Å². The molecule has 90 valence electrons. The molecule has 0 aromatic carbocycles. The molecule has 1 N–H and O–H groups in total. The maximum absolute atomic E-state index is 12.3. The number of H-pyrrole nitrogens is 1. The van der Waals surface area contributed by atoms with Crippen molar-refractivity contribution in [3.8, 4) is 0 Å². The van der Waals surface area contributed by atoms with E-state index in [9.17, 15) is 13.2 Å². The van der Waals surface area contributed by atoms with Gasteiger partial charge in [0.05, 0.1) is 0 Å². The van der Waals surface area contributed by atoms with Crippen LogP contribution in [-0.2, 0) is 6.54 Å². The number of hydrogen-bond donors (Lipinski definition) is 1. The molecule has 16 heavy (non-hydrogen) atoms. The smallest absolute Gasteiger partial charge is 0.295 e. The van der Waals surface area contributed by atoms with E-state index in [0.29, 0.717) is 11.7 Å². The van der Waals surface area contributed by atoms with Crippen molar-refractivity contribution in [2.24, 2.45) is 5.92 Å². The molecule has 0 unspecified atom stereocenters. The van der Waals surface area contributed by atoms with Crippen molar-refractivity contribution in [3.63, 3.8) is 0 Å². The van der Waals surface area contributed by atoms with E-state index in [-0.39, 0.29) is 10.7 Å². The first-order valence-electron chi connectivity index (χ1n) is 5.08. The quantitative estimate of drug-likeness (QED) is 0.820. The molecule has 1 saturated carbocycles. The minimum atomic E-state index is -4.26. The van der Waals surface area contributed by atoms with E-state index < -0.39 is 12.7 Å². The largest absolute Gasteiger partial charge is 0.406 e. The third-order valence-electron chi connectivity index (χ3n) is 2.86. The summed E-state index contributed by atoms with van der Waals surface area (Å²) < 4.78 is 38.1. The minimum absolute atomic E-state index is 0.0480. The highest BCUT2D eigenvalue weighted by molar-refractivity contribution is 7.71. The van der Waals surface area contributed by atoms with Crippen LogP contribution in [0.25, 0.3) is 0 Å². The van der Waals surface area contributed by atoms with Crippen molar-refractivity contribution in [3.05, 3.63) is 10.6 Å². The topological polar surface area (TPSA) is 33.6 Å². The van der Waals surface area contributed by atoms with Crippen molar-refractivity contribution < 1.29 is 13.2 Å². The molecule has 0 spiro atoms. The summed E-state index contributed by atoms with van der Waals surface area (Å²) in [5, 5.41) is 6.34. The Bertz CT molecular complexity index is 428. The molecule has 0 saturated heterocycles. The second-order valence-corrected chi connectivity index (χ2v) is 4.75. The zero-order valence-electron chi connectivity index (χ0n) is 8.71. The Hall–Kier alpha value is -0.850. The van der Waals surface area contributed by atoms with Gasteiger partial charge < -0.3 is 0 Å². The van der Waals surface area contributed by atoms with Gasteiger partial charge in [0.2, 0.25) is 0 Å². The molecule has 3 nitrogen and oxygen atoms in total. The number of aromatic nitrogens is 3. The lowest BCUT2D eigenvalue weighted by Crippen LogP contribution is -2.26. The van der Waals surface area contributed by atoms with Crippen LogP contribution in [-0.4, -0.2) is 20.9 Å². The number of hydrogen-bond acceptors (Lipinski definition) is 2. The first-order chi connectivity index (χ1) is 7.37. The first-order valence-corrected chi connectivity index (χ1v) is 5.49. The van der Waals surface area contributed by atoms with Crippen molar-refractivity contribution in [1.82, 2.24) is 14.8 Å². The molecule has 2 rings (SSSR count). The second kappa shape index (κ2) is 3.87. The van der Waals surface area contributed by atoms with E-state index >= 15 is 0 Å². The molecule has 1 fully saturated rings. The maximum Gasteiger partial charge on any atom is 0.406 e. The molecular formula is C9H12F3N3S. The normalized spacial score (nSPS) is 25.5. The Morgan fingerprint density at radius 3 is 2.62 bits per heavy atom. The van der Waals surface area contributed by atoms with Gasteiger partial charge in [-0.2, -0.15) is 18.3 Å². The molecule has 1 heterocycles. The van der Waals surface area contributed by atoms with Crippen LogP contribution in [0, 0.1) is 10.7 Å². The number of nitrogens with zero attached hydrogens (tertiary/aromatic N) is 2. The summed E-state index contributed by atoms with van der Waals surface area (Å²) in [6.45, 7) is 1.02. The third kappa shape index (κ3) is 2.28. The standard InChI is InChI=1S/C9H12F3N3S/c1-5-2-6(3-5)7-13-14-8(16)15(7)4-9(10,11)12/h5-6H,2-4H2,1H3,(H,14,16). The average molecular weight is 251 g/mol. The van der Waals surface area contributed by atoms with E-state index in [1.165, 1.54) is 0 Å². The van der Waals surface area contributed by atoms with Crippen molar-refractivity contribution >= 4 is 12.2 Å². The van der Waals surface area contributed by atoms with Crippen LogP contribution in [0.2, 0.25) is 0 Å². The van der Waals surface area contributed by atoms with E-state index in [1.54, 1.807) is 0 Å². The van der Waals surface area contributed by atoms with Gasteiger partial charge in [0, 0.05) is 5.92 Å².